The molecule has 0 aromatic heterocycles. The third kappa shape index (κ3) is 5.13. The van der Waals surface area contributed by atoms with Gasteiger partial charge in [-0.1, -0.05) is 24.3 Å². The molecular formula is C23H34N2O3. The lowest BCUT2D eigenvalue weighted by molar-refractivity contribution is -0.137. The molecule has 0 radical (unpaired) electrons. The van der Waals surface area contributed by atoms with E-state index in [2.05, 4.69) is 34.1 Å². The van der Waals surface area contributed by atoms with E-state index in [1.807, 2.05) is 0 Å². The minimum Gasteiger partial charge on any atom is -0.481 e. The maximum Gasteiger partial charge on any atom is 0.304 e. The van der Waals surface area contributed by atoms with Gasteiger partial charge in [-0.15, -0.1) is 0 Å². The maximum atomic E-state index is 11.1. The molecule has 0 spiro atoms. The van der Waals surface area contributed by atoms with Crippen LogP contribution >= 0.6 is 0 Å². The highest BCUT2D eigenvalue weighted by molar-refractivity contribution is 5.66. The van der Waals surface area contributed by atoms with E-state index in [9.17, 15) is 4.79 Å². The Labute approximate surface area is 168 Å². The largest absolute Gasteiger partial charge is 0.481 e. The van der Waals surface area contributed by atoms with E-state index in [1.165, 1.54) is 49.9 Å². The Kier molecular flexibility index (Phi) is 6.65. The Balaban J connectivity index is 1.25. The number of hydrogen-bond acceptors (Lipinski definition) is 4. The highest BCUT2D eigenvalue weighted by atomic mass is 16.5. The fourth-order valence-electron chi connectivity index (χ4n) is 5.25. The number of carbonyl (C=O) groups is 1. The van der Waals surface area contributed by atoms with Gasteiger partial charge in [0.05, 0.1) is 12.5 Å². The van der Waals surface area contributed by atoms with Crippen molar-refractivity contribution < 1.29 is 14.6 Å². The zero-order chi connectivity index (χ0) is 19.3. The van der Waals surface area contributed by atoms with Crippen molar-refractivity contribution in [2.24, 2.45) is 5.92 Å². The second-order valence-corrected chi connectivity index (χ2v) is 8.85. The lowest BCUT2D eigenvalue weighted by Crippen LogP contribution is -2.45. The average molecular weight is 387 g/mol. The Morgan fingerprint density at radius 3 is 2.43 bits per heavy atom. The lowest BCUT2D eigenvalue weighted by Gasteiger charge is -2.38. The third-order valence-corrected chi connectivity index (χ3v) is 6.84. The predicted molar refractivity (Wildman–Crippen MR) is 110 cm³/mol. The van der Waals surface area contributed by atoms with Gasteiger partial charge in [0, 0.05) is 32.3 Å². The molecular weight excluding hydrogens is 352 g/mol. The van der Waals surface area contributed by atoms with E-state index in [0.717, 1.165) is 32.5 Å². The molecule has 1 N–H and O–H groups in total. The summed E-state index contributed by atoms with van der Waals surface area (Å²) in [5, 5.41) is 9.09. The second-order valence-electron chi connectivity index (χ2n) is 8.85. The Morgan fingerprint density at radius 2 is 1.82 bits per heavy atom. The van der Waals surface area contributed by atoms with E-state index in [4.69, 9.17) is 9.84 Å². The summed E-state index contributed by atoms with van der Waals surface area (Å²) in [6, 6.07) is 9.56. The number of aliphatic carboxylic acids is 1. The molecule has 0 saturated carbocycles. The Bertz CT molecular complexity index is 626. The van der Waals surface area contributed by atoms with Crippen molar-refractivity contribution in [2.45, 2.75) is 57.1 Å². The van der Waals surface area contributed by atoms with Crippen LogP contribution in [0.15, 0.2) is 24.3 Å². The van der Waals surface area contributed by atoms with Crippen LogP contribution in [0.1, 0.15) is 43.2 Å². The summed E-state index contributed by atoms with van der Waals surface area (Å²) in [6.45, 7) is 5.77. The van der Waals surface area contributed by atoms with Crippen molar-refractivity contribution in [1.82, 2.24) is 9.80 Å². The highest BCUT2D eigenvalue weighted by Gasteiger charge is 2.30. The molecule has 1 aromatic rings. The molecule has 2 fully saturated rings. The molecule has 1 aromatic carbocycles. The number of ether oxygens (including phenoxy) is 1. The van der Waals surface area contributed by atoms with E-state index in [-0.39, 0.29) is 6.42 Å². The fourth-order valence-corrected chi connectivity index (χ4v) is 5.25. The summed E-state index contributed by atoms with van der Waals surface area (Å²) in [4.78, 5) is 16.1. The van der Waals surface area contributed by atoms with Crippen LogP contribution in [-0.4, -0.2) is 72.4 Å². The summed E-state index contributed by atoms with van der Waals surface area (Å²) >= 11 is 0. The van der Waals surface area contributed by atoms with Crippen molar-refractivity contribution in [3.05, 3.63) is 35.4 Å². The number of hydrogen-bond donors (Lipinski definition) is 1. The number of benzene rings is 1. The van der Waals surface area contributed by atoms with E-state index < -0.39 is 5.97 Å². The van der Waals surface area contributed by atoms with Crippen LogP contribution in [-0.2, 0) is 22.4 Å². The fraction of sp³-hybridized carbons (Fsp3) is 0.696. The topological polar surface area (TPSA) is 53.0 Å². The van der Waals surface area contributed by atoms with Gasteiger partial charge in [-0.2, -0.15) is 0 Å². The van der Waals surface area contributed by atoms with Gasteiger partial charge in [-0.25, -0.2) is 0 Å². The van der Waals surface area contributed by atoms with E-state index in [0.29, 0.717) is 24.6 Å². The van der Waals surface area contributed by atoms with Crippen molar-refractivity contribution in [1.29, 1.82) is 0 Å². The zero-order valence-electron chi connectivity index (χ0n) is 16.9. The van der Waals surface area contributed by atoms with Gasteiger partial charge in [0.15, 0.2) is 0 Å². The molecule has 0 bridgehead atoms. The first-order chi connectivity index (χ1) is 13.7. The molecule has 4 rings (SSSR count). The van der Waals surface area contributed by atoms with Crippen LogP contribution in [0, 0.1) is 5.92 Å². The van der Waals surface area contributed by atoms with Crippen LogP contribution in [0.2, 0.25) is 0 Å². The maximum absolute atomic E-state index is 11.1. The molecule has 2 heterocycles. The Morgan fingerprint density at radius 1 is 1.11 bits per heavy atom. The SMILES string of the molecule is O=C(O)CCN(CC1CCN(C2Cc3ccccc3C2)CC1)C[C@@H]1CCCO1. The number of carboxylic acids is 1. The predicted octanol–water partition coefficient (Wildman–Crippen LogP) is 2.82. The summed E-state index contributed by atoms with van der Waals surface area (Å²) in [5.74, 6) is -0.0248. The van der Waals surface area contributed by atoms with Crippen LogP contribution in [0.3, 0.4) is 0 Å². The third-order valence-electron chi connectivity index (χ3n) is 6.84. The molecule has 154 valence electrons. The first kappa shape index (κ1) is 19.9. The van der Waals surface area contributed by atoms with Crippen LogP contribution in [0.4, 0.5) is 0 Å². The molecule has 1 atom stereocenters. The van der Waals surface area contributed by atoms with E-state index >= 15 is 0 Å². The number of nitrogens with zero attached hydrogens (tertiary/aromatic N) is 2. The minimum atomic E-state index is -0.701. The van der Waals surface area contributed by atoms with Crippen molar-refractivity contribution in [3.63, 3.8) is 0 Å². The molecule has 0 unspecified atom stereocenters. The summed E-state index contributed by atoms with van der Waals surface area (Å²) in [6.07, 6.45) is 7.63. The molecule has 2 aliphatic heterocycles. The molecule has 0 amide bonds. The quantitative estimate of drug-likeness (QED) is 0.745. The molecule has 28 heavy (non-hydrogen) atoms. The smallest absolute Gasteiger partial charge is 0.304 e. The van der Waals surface area contributed by atoms with E-state index in [1.54, 1.807) is 0 Å². The molecule has 1 aliphatic carbocycles. The van der Waals surface area contributed by atoms with Gasteiger partial charge >= 0.3 is 5.97 Å². The van der Waals surface area contributed by atoms with Gasteiger partial charge < -0.3 is 9.84 Å². The minimum absolute atomic E-state index is 0.228. The van der Waals surface area contributed by atoms with Gasteiger partial charge in [-0.3, -0.25) is 14.6 Å². The zero-order valence-corrected chi connectivity index (χ0v) is 16.9. The number of fused-ring (bicyclic) bond motifs is 1. The van der Waals surface area contributed by atoms with Gasteiger partial charge in [0.25, 0.3) is 0 Å². The molecule has 5 nitrogen and oxygen atoms in total. The molecule has 2 saturated heterocycles. The van der Waals surface area contributed by atoms with Crippen molar-refractivity contribution in [2.75, 3.05) is 39.3 Å². The summed E-state index contributed by atoms with van der Waals surface area (Å²) < 4.78 is 5.80. The summed E-state index contributed by atoms with van der Waals surface area (Å²) in [5.41, 5.74) is 3.07. The van der Waals surface area contributed by atoms with Gasteiger partial charge in [0.1, 0.15) is 0 Å². The van der Waals surface area contributed by atoms with Crippen LogP contribution < -0.4 is 0 Å². The molecule has 3 aliphatic rings. The normalized spacial score (nSPS) is 24.1. The highest BCUT2D eigenvalue weighted by Crippen LogP contribution is 2.29. The number of likely N-dealkylation sites (tertiary alicyclic amines) is 1. The standard InChI is InChI=1S/C23H34N2O3/c26-23(27)9-10-24(17-22-6-3-13-28-22)16-18-7-11-25(12-8-18)21-14-19-4-1-2-5-20(19)15-21/h1-2,4-5,18,21-22H,3,6-17H2,(H,26,27)/t22-/m0/s1. The number of carboxylic acid groups (broad SMARTS) is 1. The Hall–Kier alpha value is -1.43. The second kappa shape index (κ2) is 9.38. The van der Waals surface area contributed by atoms with Crippen molar-refractivity contribution in [3.8, 4) is 0 Å². The van der Waals surface area contributed by atoms with Gasteiger partial charge in [-0.05, 0) is 68.7 Å². The van der Waals surface area contributed by atoms with Gasteiger partial charge in [0.2, 0.25) is 0 Å². The molecule has 5 heteroatoms. The summed E-state index contributed by atoms with van der Waals surface area (Å²) in [7, 11) is 0. The first-order valence-electron chi connectivity index (χ1n) is 11.0. The number of rotatable bonds is 8. The first-order valence-corrected chi connectivity index (χ1v) is 11.0. The number of piperidine rings is 1. The monoisotopic (exact) mass is 386 g/mol. The average Bonchev–Trinajstić information content (AvgIpc) is 3.36. The lowest BCUT2D eigenvalue weighted by atomic mass is 9.94. The van der Waals surface area contributed by atoms with Crippen LogP contribution in [0.5, 0.6) is 0 Å². The van der Waals surface area contributed by atoms with Crippen molar-refractivity contribution >= 4 is 5.97 Å². The van der Waals surface area contributed by atoms with Crippen LogP contribution in [0.25, 0.3) is 0 Å².